The Balaban J connectivity index is 4.23. The Kier molecular flexibility index (Phi) is 19.5. The minimum absolute atomic E-state index is 0.0318. The lowest BCUT2D eigenvalue weighted by Crippen LogP contribution is -2.51. The zero-order valence-corrected chi connectivity index (χ0v) is 22.7. The fourth-order valence-electron chi connectivity index (χ4n) is 3.05. The van der Waals surface area contributed by atoms with Gasteiger partial charge in [-0.25, -0.2) is 24.0 Å². The summed E-state index contributed by atoms with van der Waals surface area (Å²) in [6, 6.07) is -3.76. The van der Waals surface area contributed by atoms with Crippen LogP contribution in [0.3, 0.4) is 0 Å². The van der Waals surface area contributed by atoms with Crippen LogP contribution in [0.15, 0.2) is 0 Å². The van der Waals surface area contributed by atoms with Crippen molar-refractivity contribution in [2.75, 3.05) is 39.5 Å². The van der Waals surface area contributed by atoms with Gasteiger partial charge < -0.3 is 40.2 Å². The first-order valence-corrected chi connectivity index (χ1v) is 12.9. The van der Waals surface area contributed by atoms with Crippen LogP contribution < -0.4 is 21.3 Å². The van der Waals surface area contributed by atoms with Crippen molar-refractivity contribution in [2.24, 2.45) is 0 Å². The van der Waals surface area contributed by atoms with Crippen LogP contribution in [-0.2, 0) is 38.1 Å². The molecular weight excluding hydrogens is 504 g/mol. The number of carbonyl (C=O) groups is 6. The number of nitrogens with one attached hydrogen (secondary N) is 4. The second kappa shape index (κ2) is 21.5. The van der Waals surface area contributed by atoms with Gasteiger partial charge in [-0.3, -0.25) is 4.79 Å². The second-order valence-electron chi connectivity index (χ2n) is 7.80. The van der Waals surface area contributed by atoms with Gasteiger partial charge in [0.05, 0.1) is 26.4 Å². The highest BCUT2D eigenvalue weighted by Gasteiger charge is 2.31. The maximum atomic E-state index is 12.1. The van der Waals surface area contributed by atoms with Crippen molar-refractivity contribution >= 4 is 35.9 Å². The van der Waals surface area contributed by atoms with Gasteiger partial charge in [0, 0.05) is 19.5 Å². The summed E-state index contributed by atoms with van der Waals surface area (Å²) in [5, 5.41) is 9.99. The van der Waals surface area contributed by atoms with E-state index in [0.717, 1.165) is 12.8 Å². The molecule has 0 aliphatic rings. The van der Waals surface area contributed by atoms with Gasteiger partial charge in [0.1, 0.15) is 6.04 Å². The third-order valence-electron chi connectivity index (χ3n) is 4.81. The summed E-state index contributed by atoms with van der Waals surface area (Å²) in [5.41, 5.74) is 0. The van der Waals surface area contributed by atoms with E-state index in [-0.39, 0.29) is 39.3 Å². The molecule has 0 spiro atoms. The minimum atomic E-state index is -1.54. The largest absolute Gasteiger partial charge is 0.466 e. The molecule has 218 valence electrons. The Hall–Kier alpha value is -3.58. The van der Waals surface area contributed by atoms with E-state index in [1.165, 1.54) is 0 Å². The van der Waals surface area contributed by atoms with Crippen LogP contribution in [0, 0.1) is 0 Å². The quantitative estimate of drug-likeness (QED) is 0.0785. The third kappa shape index (κ3) is 16.2. The van der Waals surface area contributed by atoms with Crippen molar-refractivity contribution in [3.8, 4) is 0 Å². The van der Waals surface area contributed by atoms with E-state index in [1.807, 2.05) is 0 Å². The first-order chi connectivity index (χ1) is 18.2. The molecule has 0 aliphatic heterocycles. The van der Waals surface area contributed by atoms with Gasteiger partial charge in [-0.05, 0) is 47.0 Å². The maximum Gasteiger partial charge on any atom is 0.340 e. The van der Waals surface area contributed by atoms with E-state index in [0.29, 0.717) is 25.9 Å². The Labute approximate surface area is 223 Å². The lowest BCUT2D eigenvalue weighted by molar-refractivity contribution is -0.157. The fourth-order valence-corrected chi connectivity index (χ4v) is 3.05. The van der Waals surface area contributed by atoms with Crippen molar-refractivity contribution in [3.63, 3.8) is 0 Å². The molecular formula is C24H42N4O10. The van der Waals surface area contributed by atoms with Crippen LogP contribution >= 0.6 is 0 Å². The first-order valence-electron chi connectivity index (χ1n) is 12.9. The van der Waals surface area contributed by atoms with Crippen molar-refractivity contribution < 1.29 is 47.7 Å². The molecule has 0 fully saturated rings. The van der Waals surface area contributed by atoms with Crippen LogP contribution in [0.2, 0.25) is 0 Å². The van der Waals surface area contributed by atoms with Crippen molar-refractivity contribution in [3.05, 3.63) is 0 Å². The lowest BCUT2D eigenvalue weighted by atomic mass is 10.1. The highest BCUT2D eigenvalue weighted by atomic mass is 16.6. The summed E-state index contributed by atoms with van der Waals surface area (Å²) in [6.45, 7) is 7.62. The van der Waals surface area contributed by atoms with Crippen LogP contribution in [-0.4, -0.2) is 87.5 Å². The number of ether oxygens (including phenoxy) is 4. The molecule has 0 aromatic heterocycles. The Morgan fingerprint density at radius 1 is 0.579 bits per heavy atom. The molecule has 0 aromatic carbocycles. The Bertz CT molecular complexity index is 744. The second-order valence-corrected chi connectivity index (χ2v) is 7.80. The molecule has 0 heterocycles. The smallest absolute Gasteiger partial charge is 0.340 e. The SMILES string of the molecule is CCOC(=O)CCC(NC(=O)NCCCCCCNC(=O)NC(C(=O)OCC)C(=O)OCC)C(=O)OCC. The van der Waals surface area contributed by atoms with Gasteiger partial charge in [-0.15, -0.1) is 0 Å². The van der Waals surface area contributed by atoms with E-state index < -0.39 is 48.0 Å². The van der Waals surface area contributed by atoms with Crippen molar-refractivity contribution in [1.82, 2.24) is 21.3 Å². The molecule has 14 nitrogen and oxygen atoms in total. The number of carbonyl (C=O) groups excluding carboxylic acids is 6. The molecule has 1 unspecified atom stereocenters. The Morgan fingerprint density at radius 3 is 1.50 bits per heavy atom. The summed E-state index contributed by atoms with van der Waals surface area (Å²) in [4.78, 5) is 71.5. The topological polar surface area (TPSA) is 187 Å². The van der Waals surface area contributed by atoms with E-state index in [1.54, 1.807) is 27.7 Å². The summed E-state index contributed by atoms with van der Waals surface area (Å²) in [5.74, 6) is -2.89. The summed E-state index contributed by atoms with van der Waals surface area (Å²) in [7, 11) is 0. The van der Waals surface area contributed by atoms with Gasteiger partial charge in [0.15, 0.2) is 0 Å². The molecule has 0 rings (SSSR count). The first kappa shape index (κ1) is 34.4. The number of unbranched alkanes of at least 4 members (excludes halogenated alkanes) is 3. The van der Waals surface area contributed by atoms with Gasteiger partial charge >= 0.3 is 35.9 Å². The molecule has 0 saturated carbocycles. The number of hydrogen-bond acceptors (Lipinski definition) is 10. The lowest BCUT2D eigenvalue weighted by Gasteiger charge is -2.17. The van der Waals surface area contributed by atoms with Crippen LogP contribution in [0.5, 0.6) is 0 Å². The molecule has 0 radical (unpaired) electrons. The average molecular weight is 547 g/mol. The van der Waals surface area contributed by atoms with Crippen molar-refractivity contribution in [2.45, 2.75) is 78.3 Å². The van der Waals surface area contributed by atoms with Gasteiger partial charge in [0.2, 0.25) is 6.04 Å². The summed E-state index contributed by atoms with van der Waals surface area (Å²) < 4.78 is 19.4. The minimum Gasteiger partial charge on any atom is -0.466 e. The molecule has 1 atom stereocenters. The number of rotatable bonds is 19. The van der Waals surface area contributed by atoms with Crippen LogP contribution in [0.1, 0.15) is 66.2 Å². The van der Waals surface area contributed by atoms with E-state index in [9.17, 15) is 28.8 Å². The molecule has 14 heteroatoms. The summed E-state index contributed by atoms with van der Waals surface area (Å²) in [6.07, 6.45) is 2.81. The third-order valence-corrected chi connectivity index (χ3v) is 4.81. The molecule has 4 amide bonds. The normalized spacial score (nSPS) is 11.1. The molecule has 38 heavy (non-hydrogen) atoms. The number of amides is 4. The molecule has 4 N–H and O–H groups in total. The standard InChI is InChI=1S/C24H42N4O10/c1-5-35-18(29)14-13-17(20(30)36-6-2)27-23(33)25-15-11-9-10-12-16-26-24(34)28-19(21(31)37-7-3)22(32)38-8-4/h17,19H,5-16H2,1-4H3,(H2,25,27,33)(H2,26,28,34). The highest BCUT2D eigenvalue weighted by molar-refractivity contribution is 6.02. The van der Waals surface area contributed by atoms with Crippen molar-refractivity contribution in [1.29, 1.82) is 0 Å². The van der Waals surface area contributed by atoms with Crippen LogP contribution in [0.25, 0.3) is 0 Å². The van der Waals surface area contributed by atoms with E-state index >= 15 is 0 Å². The fraction of sp³-hybridized carbons (Fsp3) is 0.750. The monoisotopic (exact) mass is 546 g/mol. The molecule has 0 bridgehead atoms. The number of urea groups is 2. The van der Waals surface area contributed by atoms with Gasteiger partial charge in [0.25, 0.3) is 0 Å². The van der Waals surface area contributed by atoms with Gasteiger partial charge in [-0.1, -0.05) is 12.8 Å². The molecule has 0 aliphatic carbocycles. The predicted molar refractivity (Wildman–Crippen MR) is 135 cm³/mol. The molecule has 0 saturated heterocycles. The summed E-state index contributed by atoms with van der Waals surface area (Å²) >= 11 is 0. The Morgan fingerprint density at radius 2 is 1.03 bits per heavy atom. The van der Waals surface area contributed by atoms with Crippen LogP contribution in [0.4, 0.5) is 9.59 Å². The highest BCUT2D eigenvalue weighted by Crippen LogP contribution is 2.03. The van der Waals surface area contributed by atoms with E-state index in [4.69, 9.17) is 18.9 Å². The number of hydrogen-bond donors (Lipinski definition) is 4. The predicted octanol–water partition coefficient (Wildman–Crippen LogP) is 0.915. The van der Waals surface area contributed by atoms with E-state index in [2.05, 4.69) is 21.3 Å². The van der Waals surface area contributed by atoms with Gasteiger partial charge in [-0.2, -0.15) is 0 Å². The number of esters is 4. The average Bonchev–Trinajstić information content (AvgIpc) is 2.87. The maximum absolute atomic E-state index is 12.1. The molecule has 0 aromatic rings. The zero-order chi connectivity index (χ0) is 28.8. The zero-order valence-electron chi connectivity index (χ0n) is 22.7.